The normalized spacial score (nSPS) is 11.6. The Kier molecular flexibility index (Phi) is 3.73. The van der Waals surface area contributed by atoms with E-state index in [1.54, 1.807) is 25.2 Å². The molecule has 1 aromatic heterocycles. The molecule has 0 bridgehead atoms. The third-order valence-corrected chi connectivity index (χ3v) is 3.53. The van der Waals surface area contributed by atoms with Crippen LogP contribution >= 0.6 is 11.3 Å². The average Bonchev–Trinajstić information content (AvgIpc) is 2.67. The van der Waals surface area contributed by atoms with E-state index in [4.69, 9.17) is 5.11 Å². The Hall–Kier alpha value is -1.66. The number of anilines is 1. The van der Waals surface area contributed by atoms with E-state index in [-0.39, 0.29) is 12.6 Å². The molecule has 0 spiro atoms. The van der Waals surface area contributed by atoms with Crippen LogP contribution in [0.15, 0.2) is 18.2 Å². The number of aryl methyl sites for hydroxylation is 1. The van der Waals surface area contributed by atoms with E-state index >= 15 is 0 Å². The number of nitrogens with one attached hydrogen (secondary N) is 2. The zero-order valence-corrected chi connectivity index (χ0v) is 12.0. The highest BCUT2D eigenvalue weighted by Crippen LogP contribution is 2.24. The molecule has 1 heterocycles. The first-order chi connectivity index (χ1) is 8.89. The number of amides is 2. The minimum atomic E-state index is -0.644. The van der Waals surface area contributed by atoms with Crippen LogP contribution in [0.1, 0.15) is 18.9 Å². The molecule has 5 nitrogen and oxygen atoms in total. The second-order valence-corrected chi connectivity index (χ2v) is 6.27. The zero-order valence-electron chi connectivity index (χ0n) is 11.2. The van der Waals surface area contributed by atoms with E-state index in [0.29, 0.717) is 5.69 Å². The highest BCUT2D eigenvalue weighted by Gasteiger charge is 2.19. The average molecular weight is 279 g/mol. The van der Waals surface area contributed by atoms with Gasteiger partial charge in [0, 0.05) is 5.69 Å². The fourth-order valence-corrected chi connectivity index (χ4v) is 2.49. The van der Waals surface area contributed by atoms with Gasteiger partial charge in [0.1, 0.15) is 0 Å². The van der Waals surface area contributed by atoms with Crippen LogP contribution in [0.4, 0.5) is 10.5 Å². The van der Waals surface area contributed by atoms with Gasteiger partial charge in [-0.25, -0.2) is 9.78 Å². The predicted molar refractivity (Wildman–Crippen MR) is 77.7 cm³/mol. The van der Waals surface area contributed by atoms with Crippen LogP contribution in [0, 0.1) is 6.92 Å². The number of rotatable bonds is 3. The summed E-state index contributed by atoms with van der Waals surface area (Å²) in [7, 11) is 0. The number of carbonyl (C=O) groups is 1. The number of hydrogen-bond acceptors (Lipinski definition) is 4. The van der Waals surface area contributed by atoms with Gasteiger partial charge < -0.3 is 15.7 Å². The largest absolute Gasteiger partial charge is 0.394 e. The van der Waals surface area contributed by atoms with Crippen LogP contribution in [0.2, 0.25) is 0 Å². The van der Waals surface area contributed by atoms with Crippen LogP contribution in [0.3, 0.4) is 0 Å². The van der Waals surface area contributed by atoms with E-state index in [1.807, 2.05) is 25.1 Å². The van der Waals surface area contributed by atoms with E-state index in [2.05, 4.69) is 15.6 Å². The van der Waals surface area contributed by atoms with Gasteiger partial charge in [-0.1, -0.05) is 0 Å². The maximum Gasteiger partial charge on any atom is 0.319 e. The number of hydrogen-bond donors (Lipinski definition) is 3. The van der Waals surface area contributed by atoms with Crippen LogP contribution in [0.25, 0.3) is 10.2 Å². The standard InChI is InChI=1S/C13H17N3O2S/c1-8-14-10-5-4-9(6-11(10)19-8)15-12(18)16-13(2,3)7-17/h4-6,17H,7H2,1-3H3,(H2,15,16,18). The van der Waals surface area contributed by atoms with Gasteiger partial charge >= 0.3 is 6.03 Å². The van der Waals surface area contributed by atoms with E-state index in [9.17, 15) is 4.79 Å². The number of fused-ring (bicyclic) bond motifs is 1. The Morgan fingerprint density at radius 2 is 2.21 bits per heavy atom. The highest BCUT2D eigenvalue weighted by molar-refractivity contribution is 7.18. The van der Waals surface area contributed by atoms with E-state index in [1.165, 1.54) is 0 Å². The van der Waals surface area contributed by atoms with E-state index < -0.39 is 5.54 Å². The lowest BCUT2D eigenvalue weighted by molar-refractivity contribution is 0.187. The fourth-order valence-electron chi connectivity index (χ4n) is 1.63. The molecule has 0 fully saturated rings. The van der Waals surface area contributed by atoms with Crippen molar-refractivity contribution in [1.82, 2.24) is 10.3 Å². The summed E-state index contributed by atoms with van der Waals surface area (Å²) in [4.78, 5) is 16.1. The summed E-state index contributed by atoms with van der Waals surface area (Å²) < 4.78 is 1.04. The monoisotopic (exact) mass is 279 g/mol. The molecule has 0 saturated heterocycles. The summed E-state index contributed by atoms with van der Waals surface area (Å²) in [5.41, 5.74) is 1.00. The van der Waals surface area contributed by atoms with Gasteiger partial charge in [0.05, 0.1) is 27.4 Å². The van der Waals surface area contributed by atoms with Gasteiger partial charge in [-0.3, -0.25) is 0 Å². The lowest BCUT2D eigenvalue weighted by Gasteiger charge is -2.23. The first-order valence-electron chi connectivity index (χ1n) is 5.97. The Morgan fingerprint density at radius 1 is 1.47 bits per heavy atom. The first-order valence-corrected chi connectivity index (χ1v) is 6.78. The molecular formula is C13H17N3O2S. The molecule has 0 saturated carbocycles. The van der Waals surface area contributed by atoms with E-state index in [0.717, 1.165) is 15.2 Å². The molecule has 0 atom stereocenters. The summed E-state index contributed by atoms with van der Waals surface area (Å²) in [6, 6.07) is 5.25. The molecule has 2 rings (SSSR count). The van der Waals surface area contributed by atoms with Crippen LogP contribution in [-0.4, -0.2) is 28.3 Å². The summed E-state index contributed by atoms with van der Waals surface area (Å²) >= 11 is 1.59. The molecular weight excluding hydrogens is 262 g/mol. The third-order valence-electron chi connectivity index (χ3n) is 2.60. The smallest absolute Gasteiger partial charge is 0.319 e. The molecule has 0 radical (unpaired) electrons. The quantitative estimate of drug-likeness (QED) is 0.808. The van der Waals surface area contributed by atoms with Crippen molar-refractivity contribution in [1.29, 1.82) is 0 Å². The predicted octanol–water partition coefficient (Wildman–Crippen LogP) is 2.50. The fraction of sp³-hybridized carbons (Fsp3) is 0.385. The highest BCUT2D eigenvalue weighted by atomic mass is 32.1. The minimum Gasteiger partial charge on any atom is -0.394 e. The van der Waals surface area contributed by atoms with Gasteiger partial charge in [0.25, 0.3) is 0 Å². The first kappa shape index (κ1) is 13.8. The molecule has 2 aromatic rings. The second-order valence-electron chi connectivity index (χ2n) is 5.04. The van der Waals surface area contributed by atoms with Crippen molar-refractivity contribution >= 4 is 33.3 Å². The number of aromatic nitrogens is 1. The summed E-state index contributed by atoms with van der Waals surface area (Å²) in [5, 5.41) is 15.5. The van der Waals surface area contributed by atoms with Crippen molar-refractivity contribution in [3.05, 3.63) is 23.2 Å². The third kappa shape index (κ3) is 3.42. The molecule has 2 amide bonds. The molecule has 6 heteroatoms. The lowest BCUT2D eigenvalue weighted by Crippen LogP contribution is -2.48. The molecule has 19 heavy (non-hydrogen) atoms. The summed E-state index contributed by atoms with van der Waals surface area (Å²) in [6.07, 6.45) is 0. The minimum absolute atomic E-state index is 0.118. The van der Waals surface area contributed by atoms with Gasteiger partial charge in [0.15, 0.2) is 0 Å². The van der Waals surface area contributed by atoms with Crippen LogP contribution in [-0.2, 0) is 0 Å². The molecule has 3 N–H and O–H groups in total. The number of thiazole rings is 1. The SMILES string of the molecule is Cc1nc2ccc(NC(=O)NC(C)(C)CO)cc2s1. The van der Waals surface area contributed by atoms with Gasteiger partial charge in [-0.15, -0.1) is 11.3 Å². The van der Waals surface area contributed by atoms with Crippen molar-refractivity contribution in [2.75, 3.05) is 11.9 Å². The Morgan fingerprint density at radius 3 is 2.89 bits per heavy atom. The maximum atomic E-state index is 11.8. The Balaban J connectivity index is 2.10. The van der Waals surface area contributed by atoms with Crippen molar-refractivity contribution in [2.24, 2.45) is 0 Å². The number of aliphatic hydroxyl groups excluding tert-OH is 1. The number of carbonyl (C=O) groups excluding carboxylic acids is 1. The Bertz CT molecular complexity index is 607. The number of benzene rings is 1. The number of aliphatic hydroxyl groups is 1. The molecule has 0 aliphatic rings. The molecule has 0 aliphatic carbocycles. The molecule has 102 valence electrons. The zero-order chi connectivity index (χ0) is 14.0. The van der Waals surface area contributed by atoms with Crippen LogP contribution < -0.4 is 10.6 Å². The topological polar surface area (TPSA) is 74.2 Å². The summed E-state index contributed by atoms with van der Waals surface area (Å²) in [5.74, 6) is 0. The number of urea groups is 1. The maximum absolute atomic E-state index is 11.8. The molecule has 0 aliphatic heterocycles. The van der Waals surface area contributed by atoms with Gasteiger partial charge in [0.2, 0.25) is 0 Å². The second kappa shape index (κ2) is 5.14. The van der Waals surface area contributed by atoms with Crippen molar-refractivity contribution in [3.8, 4) is 0 Å². The van der Waals surface area contributed by atoms with Crippen molar-refractivity contribution in [2.45, 2.75) is 26.3 Å². The van der Waals surface area contributed by atoms with Crippen molar-refractivity contribution < 1.29 is 9.90 Å². The summed E-state index contributed by atoms with van der Waals surface area (Å²) in [6.45, 7) is 5.34. The lowest BCUT2D eigenvalue weighted by atomic mass is 10.1. The number of nitrogens with zero attached hydrogens (tertiary/aromatic N) is 1. The van der Waals surface area contributed by atoms with Crippen LogP contribution in [0.5, 0.6) is 0 Å². The molecule has 1 aromatic carbocycles. The van der Waals surface area contributed by atoms with Gasteiger partial charge in [-0.2, -0.15) is 0 Å². The van der Waals surface area contributed by atoms with Crippen molar-refractivity contribution in [3.63, 3.8) is 0 Å². The molecule has 0 unspecified atom stereocenters. The van der Waals surface area contributed by atoms with Gasteiger partial charge in [-0.05, 0) is 39.0 Å². The Labute approximate surface area is 115 Å².